The standard InChI is InChI=1S/C13H15ClFNO3/c1-3-8(2)16-12(17)7-19-13(18)9-4-5-11(15)10(14)6-9/h4-6,8H,3,7H2,1-2H3,(H,16,17). The van der Waals surface area contributed by atoms with Crippen LogP contribution in [0.15, 0.2) is 18.2 Å². The molecule has 1 N–H and O–H groups in total. The second-order valence-electron chi connectivity index (χ2n) is 4.08. The van der Waals surface area contributed by atoms with Crippen LogP contribution in [0.5, 0.6) is 0 Å². The second-order valence-corrected chi connectivity index (χ2v) is 4.49. The number of ether oxygens (including phenoxy) is 1. The van der Waals surface area contributed by atoms with E-state index in [2.05, 4.69) is 5.32 Å². The fourth-order valence-electron chi connectivity index (χ4n) is 1.26. The Bertz CT molecular complexity index is 479. The van der Waals surface area contributed by atoms with Gasteiger partial charge in [-0.2, -0.15) is 0 Å². The van der Waals surface area contributed by atoms with Crippen LogP contribution in [0.2, 0.25) is 5.02 Å². The highest BCUT2D eigenvalue weighted by Gasteiger charge is 2.13. The molecule has 1 aromatic rings. The minimum absolute atomic E-state index is 0.0199. The summed E-state index contributed by atoms with van der Waals surface area (Å²) < 4.78 is 17.7. The smallest absolute Gasteiger partial charge is 0.338 e. The molecular formula is C13H15ClFNO3. The van der Waals surface area contributed by atoms with Gasteiger partial charge in [0.25, 0.3) is 5.91 Å². The van der Waals surface area contributed by atoms with Crippen LogP contribution in [0.4, 0.5) is 4.39 Å². The molecule has 0 saturated heterocycles. The van der Waals surface area contributed by atoms with Crippen LogP contribution in [-0.4, -0.2) is 24.5 Å². The molecule has 104 valence electrons. The molecule has 4 nitrogen and oxygen atoms in total. The Morgan fingerprint density at radius 2 is 2.16 bits per heavy atom. The van der Waals surface area contributed by atoms with Crippen LogP contribution in [0, 0.1) is 5.82 Å². The van der Waals surface area contributed by atoms with Crippen molar-refractivity contribution in [3.8, 4) is 0 Å². The molecule has 0 radical (unpaired) electrons. The first-order chi connectivity index (χ1) is 8.93. The molecule has 0 aliphatic heterocycles. The van der Waals surface area contributed by atoms with Crippen molar-refractivity contribution in [3.05, 3.63) is 34.6 Å². The van der Waals surface area contributed by atoms with Crippen LogP contribution in [0.25, 0.3) is 0 Å². The number of benzene rings is 1. The van der Waals surface area contributed by atoms with Gasteiger partial charge >= 0.3 is 5.97 Å². The Balaban J connectivity index is 2.51. The minimum atomic E-state index is -0.721. The molecule has 19 heavy (non-hydrogen) atoms. The van der Waals surface area contributed by atoms with Crippen molar-refractivity contribution in [1.29, 1.82) is 0 Å². The normalized spacial score (nSPS) is 11.8. The molecule has 1 unspecified atom stereocenters. The zero-order valence-electron chi connectivity index (χ0n) is 10.7. The average Bonchev–Trinajstić information content (AvgIpc) is 2.39. The Labute approximate surface area is 115 Å². The van der Waals surface area contributed by atoms with Crippen molar-refractivity contribution in [2.45, 2.75) is 26.3 Å². The van der Waals surface area contributed by atoms with Crippen molar-refractivity contribution < 1.29 is 18.7 Å². The minimum Gasteiger partial charge on any atom is -0.452 e. The van der Waals surface area contributed by atoms with Crippen LogP contribution in [0.1, 0.15) is 30.6 Å². The maximum absolute atomic E-state index is 12.9. The van der Waals surface area contributed by atoms with E-state index >= 15 is 0 Å². The molecule has 0 saturated carbocycles. The molecule has 6 heteroatoms. The molecule has 0 bridgehead atoms. The number of nitrogens with one attached hydrogen (secondary N) is 1. The quantitative estimate of drug-likeness (QED) is 0.847. The number of rotatable bonds is 5. The topological polar surface area (TPSA) is 55.4 Å². The number of amides is 1. The molecule has 0 heterocycles. The summed E-state index contributed by atoms with van der Waals surface area (Å²) in [5, 5.41) is 2.49. The van der Waals surface area contributed by atoms with E-state index in [1.54, 1.807) is 0 Å². The van der Waals surface area contributed by atoms with E-state index < -0.39 is 11.8 Å². The summed E-state index contributed by atoms with van der Waals surface area (Å²) in [6.07, 6.45) is 0.785. The molecule has 0 fully saturated rings. The molecule has 1 amide bonds. The SMILES string of the molecule is CCC(C)NC(=O)COC(=O)c1ccc(F)c(Cl)c1. The van der Waals surface area contributed by atoms with Gasteiger partial charge in [-0.3, -0.25) is 4.79 Å². The first-order valence-electron chi connectivity index (χ1n) is 5.85. The van der Waals surface area contributed by atoms with Crippen molar-refractivity contribution in [3.63, 3.8) is 0 Å². The van der Waals surface area contributed by atoms with Gasteiger partial charge in [0.05, 0.1) is 10.6 Å². The first kappa shape index (κ1) is 15.4. The summed E-state index contributed by atoms with van der Waals surface area (Å²) in [4.78, 5) is 23.0. The molecule has 0 aliphatic rings. The highest BCUT2D eigenvalue weighted by molar-refractivity contribution is 6.31. The van der Waals surface area contributed by atoms with Crippen LogP contribution >= 0.6 is 11.6 Å². The van der Waals surface area contributed by atoms with Gasteiger partial charge in [-0.15, -0.1) is 0 Å². The number of hydrogen-bond donors (Lipinski definition) is 1. The van der Waals surface area contributed by atoms with E-state index in [1.807, 2.05) is 13.8 Å². The van der Waals surface area contributed by atoms with Gasteiger partial charge < -0.3 is 10.1 Å². The predicted molar refractivity (Wildman–Crippen MR) is 69.6 cm³/mol. The Morgan fingerprint density at radius 1 is 1.47 bits per heavy atom. The Kier molecular flexibility index (Phi) is 5.76. The number of carbonyl (C=O) groups is 2. The summed E-state index contributed by atoms with van der Waals surface area (Å²) in [6.45, 7) is 3.40. The lowest BCUT2D eigenvalue weighted by atomic mass is 10.2. The number of carbonyl (C=O) groups excluding carboxylic acids is 2. The van der Waals surface area contributed by atoms with Crippen molar-refractivity contribution >= 4 is 23.5 Å². The van der Waals surface area contributed by atoms with Gasteiger partial charge in [-0.05, 0) is 31.5 Å². The fraction of sp³-hybridized carbons (Fsp3) is 0.385. The third-order valence-electron chi connectivity index (χ3n) is 2.51. The van der Waals surface area contributed by atoms with E-state index in [0.717, 1.165) is 18.6 Å². The third kappa shape index (κ3) is 4.87. The molecule has 1 aromatic carbocycles. The van der Waals surface area contributed by atoms with Gasteiger partial charge in [0.1, 0.15) is 5.82 Å². The molecule has 0 spiro atoms. The first-order valence-corrected chi connectivity index (χ1v) is 6.23. The largest absolute Gasteiger partial charge is 0.452 e. The van der Waals surface area contributed by atoms with E-state index in [-0.39, 0.29) is 29.1 Å². The molecule has 0 aliphatic carbocycles. The third-order valence-corrected chi connectivity index (χ3v) is 2.80. The van der Waals surface area contributed by atoms with Gasteiger partial charge in [0, 0.05) is 6.04 Å². The summed E-state index contributed by atoms with van der Waals surface area (Å²) in [5.41, 5.74) is 0.0998. The monoisotopic (exact) mass is 287 g/mol. The lowest BCUT2D eigenvalue weighted by Gasteiger charge is -2.11. The van der Waals surface area contributed by atoms with Crippen LogP contribution in [0.3, 0.4) is 0 Å². The Hall–Kier alpha value is -1.62. The summed E-state index contributed by atoms with van der Waals surface area (Å²) in [6, 6.07) is 3.49. The van der Waals surface area contributed by atoms with Gasteiger partial charge in [-0.1, -0.05) is 18.5 Å². The second kappa shape index (κ2) is 7.09. The molecule has 1 rings (SSSR count). The maximum Gasteiger partial charge on any atom is 0.338 e. The highest BCUT2D eigenvalue weighted by atomic mass is 35.5. The number of halogens is 2. The zero-order chi connectivity index (χ0) is 14.4. The molecule has 1 atom stereocenters. The average molecular weight is 288 g/mol. The lowest BCUT2D eigenvalue weighted by Crippen LogP contribution is -2.35. The number of hydrogen-bond acceptors (Lipinski definition) is 3. The number of esters is 1. The van der Waals surface area contributed by atoms with E-state index in [0.29, 0.717) is 0 Å². The molecule has 0 aromatic heterocycles. The van der Waals surface area contributed by atoms with Gasteiger partial charge in [0.15, 0.2) is 6.61 Å². The van der Waals surface area contributed by atoms with Gasteiger partial charge in [0.2, 0.25) is 0 Å². The fourth-order valence-corrected chi connectivity index (χ4v) is 1.44. The molecular weight excluding hydrogens is 273 g/mol. The van der Waals surface area contributed by atoms with E-state index in [1.165, 1.54) is 6.07 Å². The van der Waals surface area contributed by atoms with Crippen molar-refractivity contribution in [1.82, 2.24) is 5.32 Å². The van der Waals surface area contributed by atoms with E-state index in [9.17, 15) is 14.0 Å². The van der Waals surface area contributed by atoms with Crippen LogP contribution < -0.4 is 5.32 Å². The zero-order valence-corrected chi connectivity index (χ0v) is 11.5. The Morgan fingerprint density at radius 3 is 2.74 bits per heavy atom. The lowest BCUT2D eigenvalue weighted by molar-refractivity contribution is -0.124. The maximum atomic E-state index is 12.9. The van der Waals surface area contributed by atoms with E-state index in [4.69, 9.17) is 16.3 Å². The summed E-state index contributed by atoms with van der Waals surface area (Å²) in [5.74, 6) is -1.72. The summed E-state index contributed by atoms with van der Waals surface area (Å²) in [7, 11) is 0. The van der Waals surface area contributed by atoms with Gasteiger partial charge in [-0.25, -0.2) is 9.18 Å². The van der Waals surface area contributed by atoms with Crippen molar-refractivity contribution in [2.24, 2.45) is 0 Å². The van der Waals surface area contributed by atoms with Crippen LogP contribution in [-0.2, 0) is 9.53 Å². The highest BCUT2D eigenvalue weighted by Crippen LogP contribution is 2.16. The van der Waals surface area contributed by atoms with Crippen molar-refractivity contribution in [2.75, 3.05) is 6.61 Å². The predicted octanol–water partition coefficient (Wildman–Crippen LogP) is 2.55. The summed E-state index contributed by atoms with van der Waals surface area (Å²) >= 11 is 5.55.